The molecule has 2 aromatic heterocycles. The predicted molar refractivity (Wildman–Crippen MR) is 79.2 cm³/mol. The molecule has 1 saturated heterocycles. The van der Waals surface area contributed by atoms with E-state index in [9.17, 15) is 0 Å². The van der Waals surface area contributed by atoms with Crippen molar-refractivity contribution in [2.45, 2.75) is 6.10 Å². The largest absolute Gasteiger partial charge is 0.382 e. The molecule has 3 heterocycles. The monoisotopic (exact) mass is 291 g/mol. The minimum Gasteiger partial charge on any atom is -0.382 e. The molecule has 1 fully saturated rings. The summed E-state index contributed by atoms with van der Waals surface area (Å²) in [6, 6.07) is 4.09. The lowest BCUT2D eigenvalue weighted by Crippen LogP contribution is -2.44. The van der Waals surface area contributed by atoms with Gasteiger partial charge in [0.2, 0.25) is 0 Å². The average molecular weight is 291 g/mol. The SMILES string of the molecule is COCC1CN(c2cncc(-c3cccs3)n2)CCO1. The number of morpholine rings is 1. The number of methoxy groups -OCH3 is 1. The standard InChI is InChI=1S/C14H17N3O2S/c1-18-10-11-9-17(4-5-19-11)14-8-15-7-12(16-14)13-3-2-6-20-13/h2-3,6-8,11H,4-5,9-10H2,1H3. The maximum absolute atomic E-state index is 5.66. The number of thiophene rings is 1. The molecule has 106 valence electrons. The summed E-state index contributed by atoms with van der Waals surface area (Å²) < 4.78 is 10.8. The first-order valence-corrected chi connectivity index (χ1v) is 7.46. The Morgan fingerprint density at radius 3 is 3.25 bits per heavy atom. The second-order valence-electron chi connectivity index (χ2n) is 4.63. The molecule has 0 aromatic carbocycles. The Morgan fingerprint density at radius 2 is 2.45 bits per heavy atom. The summed E-state index contributed by atoms with van der Waals surface area (Å²) >= 11 is 1.67. The fraction of sp³-hybridized carbons (Fsp3) is 0.429. The zero-order valence-electron chi connectivity index (χ0n) is 11.4. The minimum absolute atomic E-state index is 0.0981. The van der Waals surface area contributed by atoms with Crippen molar-refractivity contribution >= 4 is 17.2 Å². The zero-order valence-corrected chi connectivity index (χ0v) is 12.2. The van der Waals surface area contributed by atoms with E-state index in [2.05, 4.69) is 16.0 Å². The maximum Gasteiger partial charge on any atom is 0.148 e. The molecular weight excluding hydrogens is 274 g/mol. The lowest BCUT2D eigenvalue weighted by Gasteiger charge is -2.33. The van der Waals surface area contributed by atoms with E-state index in [0.717, 1.165) is 29.5 Å². The van der Waals surface area contributed by atoms with Crippen molar-refractivity contribution in [1.82, 2.24) is 9.97 Å². The van der Waals surface area contributed by atoms with Crippen LogP contribution in [0.2, 0.25) is 0 Å². The quantitative estimate of drug-likeness (QED) is 0.863. The summed E-state index contributed by atoms with van der Waals surface area (Å²) in [4.78, 5) is 12.4. The lowest BCUT2D eigenvalue weighted by atomic mass is 10.3. The highest BCUT2D eigenvalue weighted by Gasteiger charge is 2.21. The van der Waals surface area contributed by atoms with Crippen molar-refractivity contribution in [3.05, 3.63) is 29.9 Å². The van der Waals surface area contributed by atoms with E-state index in [4.69, 9.17) is 14.5 Å². The number of rotatable bonds is 4. The van der Waals surface area contributed by atoms with Crippen LogP contribution in [0.15, 0.2) is 29.9 Å². The highest BCUT2D eigenvalue weighted by Crippen LogP contribution is 2.24. The van der Waals surface area contributed by atoms with E-state index in [1.165, 1.54) is 0 Å². The van der Waals surface area contributed by atoms with Crippen molar-refractivity contribution in [3.63, 3.8) is 0 Å². The molecule has 0 aliphatic carbocycles. The number of anilines is 1. The van der Waals surface area contributed by atoms with Crippen LogP contribution >= 0.6 is 11.3 Å². The molecule has 0 spiro atoms. The van der Waals surface area contributed by atoms with Crippen LogP contribution in [0.1, 0.15) is 0 Å². The van der Waals surface area contributed by atoms with Gasteiger partial charge in [-0.2, -0.15) is 0 Å². The molecule has 3 rings (SSSR count). The van der Waals surface area contributed by atoms with E-state index in [-0.39, 0.29) is 6.10 Å². The van der Waals surface area contributed by atoms with Crippen molar-refractivity contribution in [3.8, 4) is 10.6 Å². The highest BCUT2D eigenvalue weighted by molar-refractivity contribution is 7.13. The third kappa shape index (κ3) is 2.98. The number of ether oxygens (including phenoxy) is 2. The van der Waals surface area contributed by atoms with Crippen LogP contribution in [0.25, 0.3) is 10.6 Å². The first-order chi connectivity index (χ1) is 9.86. The van der Waals surface area contributed by atoms with E-state index >= 15 is 0 Å². The van der Waals surface area contributed by atoms with Gasteiger partial charge >= 0.3 is 0 Å². The summed E-state index contributed by atoms with van der Waals surface area (Å²) in [5, 5.41) is 2.05. The molecule has 1 unspecified atom stereocenters. The van der Waals surface area contributed by atoms with E-state index in [0.29, 0.717) is 13.2 Å². The topological polar surface area (TPSA) is 47.5 Å². The molecule has 20 heavy (non-hydrogen) atoms. The lowest BCUT2D eigenvalue weighted by molar-refractivity contribution is -0.0102. The highest BCUT2D eigenvalue weighted by atomic mass is 32.1. The predicted octanol–water partition coefficient (Wildman–Crippen LogP) is 2.06. The molecule has 2 aromatic rings. The third-order valence-electron chi connectivity index (χ3n) is 3.21. The molecule has 0 amide bonds. The van der Waals surface area contributed by atoms with Crippen molar-refractivity contribution in [2.75, 3.05) is 38.3 Å². The van der Waals surface area contributed by atoms with Crippen molar-refractivity contribution < 1.29 is 9.47 Å². The van der Waals surface area contributed by atoms with Crippen LogP contribution in [-0.4, -0.2) is 49.5 Å². The van der Waals surface area contributed by atoms with E-state index in [1.807, 2.05) is 23.8 Å². The van der Waals surface area contributed by atoms with Gasteiger partial charge in [0.1, 0.15) is 11.5 Å². The third-order valence-corrected chi connectivity index (χ3v) is 4.10. The Labute approximate surface area is 122 Å². The van der Waals surface area contributed by atoms with Gasteiger partial charge in [-0.1, -0.05) is 6.07 Å². The average Bonchev–Trinajstić information content (AvgIpc) is 3.02. The smallest absolute Gasteiger partial charge is 0.148 e. The molecule has 0 bridgehead atoms. The number of aromatic nitrogens is 2. The molecule has 1 atom stereocenters. The normalized spacial score (nSPS) is 19.2. The Kier molecular flexibility index (Phi) is 4.25. The van der Waals surface area contributed by atoms with Gasteiger partial charge in [0.05, 0.1) is 36.6 Å². The summed E-state index contributed by atoms with van der Waals surface area (Å²) in [6.07, 6.45) is 3.72. The van der Waals surface area contributed by atoms with Crippen LogP contribution in [0.3, 0.4) is 0 Å². The Hall–Kier alpha value is -1.50. The van der Waals surface area contributed by atoms with Gasteiger partial charge in [0.25, 0.3) is 0 Å². The van der Waals surface area contributed by atoms with Crippen LogP contribution < -0.4 is 4.90 Å². The van der Waals surface area contributed by atoms with E-state index < -0.39 is 0 Å². The van der Waals surface area contributed by atoms with Crippen LogP contribution in [0, 0.1) is 0 Å². The summed E-state index contributed by atoms with van der Waals surface area (Å²) in [5.74, 6) is 0.903. The van der Waals surface area contributed by atoms with Gasteiger partial charge in [-0.3, -0.25) is 4.98 Å². The fourth-order valence-corrected chi connectivity index (χ4v) is 2.95. The summed E-state index contributed by atoms with van der Waals surface area (Å²) in [5.41, 5.74) is 0.923. The summed E-state index contributed by atoms with van der Waals surface area (Å²) in [7, 11) is 1.69. The van der Waals surface area contributed by atoms with Crippen LogP contribution in [-0.2, 0) is 9.47 Å². The second-order valence-corrected chi connectivity index (χ2v) is 5.58. The maximum atomic E-state index is 5.66. The fourth-order valence-electron chi connectivity index (χ4n) is 2.27. The van der Waals surface area contributed by atoms with Crippen LogP contribution in [0.4, 0.5) is 5.82 Å². The molecular formula is C14H17N3O2S. The molecule has 0 saturated carbocycles. The summed E-state index contributed by atoms with van der Waals surface area (Å²) in [6.45, 7) is 2.92. The Bertz CT molecular complexity index is 545. The molecule has 0 radical (unpaired) electrons. The van der Waals surface area contributed by atoms with Gasteiger partial charge in [0.15, 0.2) is 0 Å². The minimum atomic E-state index is 0.0981. The Morgan fingerprint density at radius 1 is 1.50 bits per heavy atom. The van der Waals surface area contributed by atoms with Crippen molar-refractivity contribution in [2.24, 2.45) is 0 Å². The number of hydrogen-bond acceptors (Lipinski definition) is 6. The van der Waals surface area contributed by atoms with Gasteiger partial charge < -0.3 is 14.4 Å². The molecule has 5 nitrogen and oxygen atoms in total. The second kappa shape index (κ2) is 6.30. The van der Waals surface area contributed by atoms with Gasteiger partial charge in [0, 0.05) is 20.2 Å². The van der Waals surface area contributed by atoms with Crippen molar-refractivity contribution in [1.29, 1.82) is 0 Å². The Balaban J connectivity index is 1.78. The van der Waals surface area contributed by atoms with Crippen LogP contribution in [0.5, 0.6) is 0 Å². The van der Waals surface area contributed by atoms with Gasteiger partial charge in [-0.05, 0) is 11.4 Å². The zero-order chi connectivity index (χ0) is 13.8. The van der Waals surface area contributed by atoms with Gasteiger partial charge in [-0.15, -0.1) is 11.3 Å². The molecule has 6 heteroatoms. The van der Waals surface area contributed by atoms with Gasteiger partial charge in [-0.25, -0.2) is 4.98 Å². The first kappa shape index (κ1) is 13.5. The molecule has 1 aliphatic rings. The first-order valence-electron chi connectivity index (χ1n) is 6.58. The number of hydrogen-bond donors (Lipinski definition) is 0. The number of nitrogens with zero attached hydrogens (tertiary/aromatic N) is 3. The molecule has 0 N–H and O–H groups in total. The van der Waals surface area contributed by atoms with E-state index in [1.54, 1.807) is 18.4 Å². The molecule has 1 aliphatic heterocycles.